The molecule has 0 radical (unpaired) electrons. The van der Waals surface area contributed by atoms with Crippen molar-refractivity contribution in [2.75, 3.05) is 14.2 Å². The summed E-state index contributed by atoms with van der Waals surface area (Å²) < 4.78 is 36.9. The van der Waals surface area contributed by atoms with Gasteiger partial charge in [-0.2, -0.15) is 21.0 Å². The summed E-state index contributed by atoms with van der Waals surface area (Å²) in [6.07, 6.45) is 1.58. The van der Waals surface area contributed by atoms with Crippen molar-refractivity contribution in [3.63, 3.8) is 0 Å². The van der Waals surface area contributed by atoms with E-state index in [0.29, 0.717) is 47.5 Å². The Hall–Kier alpha value is -9.80. The van der Waals surface area contributed by atoms with Crippen LogP contribution in [-0.4, -0.2) is 49.5 Å². The molecule has 0 saturated carbocycles. The van der Waals surface area contributed by atoms with Crippen molar-refractivity contribution in [2.45, 2.75) is 37.3 Å². The molecule has 4 heterocycles. The molecule has 4 aromatic heterocycles. The number of carbonyl (C=O) groups excluding carboxylic acids is 4. The molecule has 80 heavy (non-hydrogen) atoms. The summed E-state index contributed by atoms with van der Waals surface area (Å²) in [5.74, 6) is -4.12. The Morgan fingerprint density at radius 1 is 0.463 bits per heavy atom. The fourth-order valence-electron chi connectivity index (χ4n) is 9.34. The minimum atomic E-state index is -2.69. The topological polar surface area (TPSA) is 244 Å². The van der Waals surface area contributed by atoms with Gasteiger partial charge in [-0.15, -0.1) is 45.3 Å². The molecular weight excluding hydrogens is 1090 g/mol. The lowest BCUT2D eigenvalue weighted by atomic mass is 9.69. The summed E-state index contributed by atoms with van der Waals surface area (Å²) in [5, 5.41) is 39.0. The predicted molar refractivity (Wildman–Crippen MR) is 300 cm³/mol. The second-order valence-electron chi connectivity index (χ2n) is 17.5. The molecule has 8 aromatic rings. The number of nitrogens with zero attached hydrogens (tertiary/aromatic N) is 6. The second kappa shape index (κ2) is 23.0. The van der Waals surface area contributed by atoms with Crippen LogP contribution in [-0.2, 0) is 75.4 Å². The first-order chi connectivity index (χ1) is 39.0. The third-order valence-electron chi connectivity index (χ3n) is 12.9. The summed E-state index contributed by atoms with van der Waals surface area (Å²) in [6, 6.07) is 46.8. The van der Waals surface area contributed by atoms with Gasteiger partial charge in [0.25, 0.3) is 0 Å². The molecule has 2 aliphatic carbocycles. The van der Waals surface area contributed by atoms with Gasteiger partial charge in [-0.3, -0.25) is 19.2 Å². The first-order valence-corrected chi connectivity index (χ1v) is 27.3. The maximum absolute atomic E-state index is 16.1. The average Bonchev–Trinajstić information content (AvgIpc) is 1.86. The summed E-state index contributed by atoms with van der Waals surface area (Å²) in [7, 11) is 2.79. The molecule has 16 nitrogen and oxygen atoms in total. The summed E-state index contributed by atoms with van der Waals surface area (Å²) >= 11 is 4.26. The zero-order valence-corrected chi connectivity index (χ0v) is 45.3. The van der Waals surface area contributed by atoms with Crippen LogP contribution >= 0.6 is 45.3 Å². The zero-order valence-electron chi connectivity index (χ0n) is 42.1. The molecular formula is C60H38N6O10S4. The number of hydrogen-bond donors (Lipinski definition) is 0. The predicted octanol–water partition coefficient (Wildman–Crippen LogP) is 11.9. The number of ether oxygens (including phenoxy) is 6. The molecule has 4 aromatic carbocycles. The first kappa shape index (κ1) is 53.6. The smallest absolute Gasteiger partial charge is 0.333 e. The van der Waals surface area contributed by atoms with E-state index in [0.717, 1.165) is 34.0 Å². The van der Waals surface area contributed by atoms with E-state index in [1.165, 1.54) is 31.6 Å². The largest absolute Gasteiger partial charge is 0.495 e. The highest BCUT2D eigenvalue weighted by molar-refractivity contribution is 7.28. The number of nitriles is 4. The highest BCUT2D eigenvalue weighted by atomic mass is 32.1. The fourth-order valence-corrected chi connectivity index (χ4v) is 14.3. The Kier molecular flexibility index (Phi) is 15.4. The van der Waals surface area contributed by atoms with Gasteiger partial charge >= 0.3 is 23.9 Å². The lowest BCUT2D eigenvalue weighted by Crippen LogP contribution is -2.50. The molecule has 0 unspecified atom stereocenters. The number of thiophene rings is 4. The standard InChI is InChI=1S/C60H38N6O10S4/c1-71-43-25-47(65-39(27-61)28-62)79-51(43)41-23-45-49(59(41,55(67)73-31-35-15-7-3-8-16-35)56(68)74-32-36-17-9-4-10-18-36)50-54(77-45)52-42(24-46(78-52)53-44(72-2)26-48(80-53)66-40(29-63)30-64)60(50,57(69)75-33-37-19-11-5-12-20-37)58(70)76-34-38-21-13-6-14-22-38/h3-26H,31-34H2,1-2H3. The van der Waals surface area contributed by atoms with E-state index in [1.54, 1.807) is 164 Å². The van der Waals surface area contributed by atoms with Crippen molar-refractivity contribution in [1.29, 1.82) is 21.0 Å². The molecule has 10 rings (SSSR count). The number of rotatable bonds is 18. The summed E-state index contributed by atoms with van der Waals surface area (Å²) in [5.41, 5.74) is -4.08. The molecule has 0 atom stereocenters. The number of methoxy groups -OCH3 is 2. The van der Waals surface area contributed by atoms with Gasteiger partial charge in [-0.05, 0) is 34.4 Å². The highest BCUT2D eigenvalue weighted by Gasteiger charge is 2.68. The van der Waals surface area contributed by atoms with E-state index in [1.807, 2.05) is 0 Å². The Bertz CT molecular complexity index is 3880. The van der Waals surface area contributed by atoms with E-state index in [4.69, 9.17) is 28.4 Å². The molecule has 0 saturated heterocycles. The van der Waals surface area contributed by atoms with Crippen molar-refractivity contribution in [1.82, 2.24) is 0 Å². The Morgan fingerprint density at radius 2 is 0.850 bits per heavy atom. The molecule has 0 N–H and O–H groups in total. The zero-order chi connectivity index (χ0) is 56.0. The van der Waals surface area contributed by atoms with Crippen LogP contribution in [0.4, 0.5) is 10.0 Å². The summed E-state index contributed by atoms with van der Waals surface area (Å²) in [6.45, 7) is -1.33. The van der Waals surface area contributed by atoms with Gasteiger partial charge in [0.1, 0.15) is 72.2 Å². The van der Waals surface area contributed by atoms with Crippen LogP contribution in [0.25, 0.3) is 31.2 Å². The second-order valence-corrected chi connectivity index (χ2v) is 21.7. The van der Waals surface area contributed by atoms with E-state index < -0.39 is 46.1 Å². The maximum atomic E-state index is 16.1. The van der Waals surface area contributed by atoms with E-state index >= 15 is 19.2 Å². The van der Waals surface area contributed by atoms with Crippen molar-refractivity contribution >= 4 is 102 Å². The first-order valence-electron chi connectivity index (χ1n) is 24.1. The Labute approximate surface area is 473 Å². The van der Waals surface area contributed by atoms with Crippen LogP contribution in [0.5, 0.6) is 11.5 Å². The van der Waals surface area contributed by atoms with Crippen LogP contribution in [0.15, 0.2) is 150 Å². The minimum Gasteiger partial charge on any atom is -0.495 e. The monoisotopic (exact) mass is 1130 g/mol. The number of fused-ring (bicyclic) bond motifs is 5. The molecule has 0 bridgehead atoms. The molecule has 2 aliphatic rings. The fraction of sp³-hybridized carbons (Fsp3) is 0.133. The van der Waals surface area contributed by atoms with Crippen LogP contribution in [0.2, 0.25) is 0 Å². The highest BCUT2D eigenvalue weighted by Crippen LogP contribution is 2.67. The van der Waals surface area contributed by atoms with Gasteiger partial charge in [0, 0.05) is 44.2 Å². The van der Waals surface area contributed by atoms with Gasteiger partial charge in [-0.25, -0.2) is 9.98 Å². The molecule has 0 amide bonds. The molecule has 0 spiro atoms. The minimum absolute atomic E-state index is 0.0397. The number of aliphatic imine (C=N–C) groups is 2. The van der Waals surface area contributed by atoms with Crippen LogP contribution < -0.4 is 9.47 Å². The van der Waals surface area contributed by atoms with Crippen LogP contribution in [0.3, 0.4) is 0 Å². The van der Waals surface area contributed by atoms with Gasteiger partial charge < -0.3 is 28.4 Å². The molecule has 0 aliphatic heterocycles. The number of benzene rings is 4. The molecule has 0 fully saturated rings. The lowest BCUT2D eigenvalue weighted by molar-refractivity contribution is -0.166. The van der Waals surface area contributed by atoms with Gasteiger partial charge in [0.05, 0.1) is 33.7 Å². The van der Waals surface area contributed by atoms with Gasteiger partial charge in [0.2, 0.25) is 22.3 Å². The average molecular weight is 1130 g/mol. The lowest BCUT2D eigenvalue weighted by Gasteiger charge is -2.33. The maximum Gasteiger partial charge on any atom is 0.333 e. The van der Waals surface area contributed by atoms with Crippen molar-refractivity contribution < 1.29 is 47.6 Å². The van der Waals surface area contributed by atoms with Crippen LogP contribution in [0, 0.1) is 45.3 Å². The van der Waals surface area contributed by atoms with Crippen molar-refractivity contribution in [3.05, 3.63) is 188 Å². The van der Waals surface area contributed by atoms with Crippen molar-refractivity contribution in [2.24, 2.45) is 9.98 Å². The van der Waals surface area contributed by atoms with E-state index in [2.05, 4.69) is 9.98 Å². The normalized spacial score (nSPS) is 12.8. The quantitative estimate of drug-likeness (QED) is 0.0336. The number of carbonyl (C=O) groups is 4. The Balaban J connectivity index is 1.28. The van der Waals surface area contributed by atoms with Crippen LogP contribution in [0.1, 0.15) is 48.7 Å². The number of hydrogen-bond acceptors (Lipinski definition) is 20. The van der Waals surface area contributed by atoms with Gasteiger partial charge in [0.15, 0.2) is 0 Å². The SMILES string of the molecule is COc1cc(N=C(C#N)C#N)sc1C1=Cc2sc3c(c2C1(C(=O)OCc1ccccc1)C(=O)OCc1ccccc1)C(C(=O)OCc1ccccc1)(C(=O)OCc1ccccc1)c1cc(-c2sc(N=C(C#N)C#N)cc2OC)sc1-3. The molecule has 20 heteroatoms. The third-order valence-corrected chi connectivity index (χ3v) is 17.6. The summed E-state index contributed by atoms with van der Waals surface area (Å²) in [4.78, 5) is 75.0. The Morgan fingerprint density at radius 3 is 1.25 bits per heavy atom. The molecule has 392 valence electrons. The van der Waals surface area contributed by atoms with Gasteiger partial charge in [-0.1, -0.05) is 121 Å². The van der Waals surface area contributed by atoms with Crippen molar-refractivity contribution in [3.8, 4) is 55.3 Å². The third kappa shape index (κ3) is 9.70. The van der Waals surface area contributed by atoms with E-state index in [9.17, 15) is 21.0 Å². The number of esters is 4. The van der Waals surface area contributed by atoms with E-state index in [-0.39, 0.29) is 74.2 Å².